The summed E-state index contributed by atoms with van der Waals surface area (Å²) in [5.74, 6) is 0.831. The lowest BCUT2D eigenvalue weighted by Crippen LogP contribution is -2.39. The molecule has 6 nitrogen and oxygen atoms in total. The number of aromatic nitrogens is 3. The van der Waals surface area contributed by atoms with Crippen molar-refractivity contribution in [1.29, 1.82) is 0 Å². The van der Waals surface area contributed by atoms with Gasteiger partial charge in [0.05, 0.1) is 16.8 Å². The van der Waals surface area contributed by atoms with Crippen LogP contribution in [-0.2, 0) is 25.2 Å². The van der Waals surface area contributed by atoms with Crippen LogP contribution in [0.4, 0.5) is 49.6 Å². The number of anilines is 4. The van der Waals surface area contributed by atoms with Crippen molar-refractivity contribution in [2.75, 3.05) is 34.8 Å². The molecule has 0 amide bonds. The van der Waals surface area contributed by atoms with Crippen LogP contribution in [0.3, 0.4) is 0 Å². The van der Waals surface area contributed by atoms with Gasteiger partial charge in [-0.15, -0.1) is 12.4 Å². The average Bonchev–Trinajstić information content (AvgIpc) is 3.11. The second-order valence-corrected chi connectivity index (χ2v) is 9.90. The fraction of sp³-hybridized carbons (Fsp3) is 0.444. The van der Waals surface area contributed by atoms with Gasteiger partial charge in [-0.2, -0.15) is 31.3 Å². The molecule has 1 unspecified atom stereocenters. The summed E-state index contributed by atoms with van der Waals surface area (Å²) in [7, 11) is 0. The zero-order valence-electron chi connectivity index (χ0n) is 21.7. The lowest BCUT2D eigenvalue weighted by Gasteiger charge is -2.34. The summed E-state index contributed by atoms with van der Waals surface area (Å²) in [5, 5.41) is 3.16. The highest BCUT2D eigenvalue weighted by atomic mass is 35.5. The predicted molar refractivity (Wildman–Crippen MR) is 144 cm³/mol. The molecule has 13 heteroatoms. The molecular formula is C27H29ClF6N6. The summed E-state index contributed by atoms with van der Waals surface area (Å²) in [5.41, 5.74) is 0.304. The number of nitrogens with one attached hydrogen (secondary N) is 1. The van der Waals surface area contributed by atoms with Gasteiger partial charge >= 0.3 is 12.4 Å². The molecule has 0 saturated carbocycles. The lowest BCUT2D eigenvalue weighted by atomic mass is 10.0. The van der Waals surface area contributed by atoms with Crippen LogP contribution in [0.25, 0.3) is 0 Å². The van der Waals surface area contributed by atoms with E-state index in [0.29, 0.717) is 36.0 Å². The zero-order chi connectivity index (χ0) is 27.8. The monoisotopic (exact) mass is 586 g/mol. The number of hydrogen-bond acceptors (Lipinski definition) is 6. The molecule has 2 aliphatic heterocycles. The SMILES string of the molecule is CC1CCCCN1c1nc2c(c(Nc3ccc(C(F)(F)F)cc3)n1)CCN(c1ncccc1C(F)(F)F)CC2.Cl. The van der Waals surface area contributed by atoms with E-state index in [4.69, 9.17) is 9.97 Å². The molecule has 40 heavy (non-hydrogen) atoms. The second-order valence-electron chi connectivity index (χ2n) is 9.90. The van der Waals surface area contributed by atoms with E-state index in [2.05, 4.69) is 22.1 Å². The Morgan fingerprint density at radius 2 is 1.60 bits per heavy atom. The van der Waals surface area contributed by atoms with Crippen LogP contribution in [0.5, 0.6) is 0 Å². The Labute approximate surface area is 234 Å². The Balaban J connectivity index is 0.00000370. The number of alkyl halides is 6. The van der Waals surface area contributed by atoms with E-state index in [9.17, 15) is 26.3 Å². The first-order chi connectivity index (χ1) is 18.5. The zero-order valence-corrected chi connectivity index (χ0v) is 22.5. The molecular weight excluding hydrogens is 558 g/mol. The molecule has 5 rings (SSSR count). The van der Waals surface area contributed by atoms with Crippen LogP contribution in [-0.4, -0.2) is 40.6 Å². The van der Waals surface area contributed by atoms with Gasteiger partial charge in [0.2, 0.25) is 5.95 Å². The summed E-state index contributed by atoms with van der Waals surface area (Å²) in [6.45, 7) is 3.39. The molecule has 0 aliphatic carbocycles. The van der Waals surface area contributed by atoms with Gasteiger partial charge in [0, 0.05) is 49.5 Å². The van der Waals surface area contributed by atoms with E-state index in [1.54, 1.807) is 4.90 Å². The Morgan fingerprint density at radius 1 is 0.875 bits per heavy atom. The van der Waals surface area contributed by atoms with Crippen molar-refractivity contribution in [3.63, 3.8) is 0 Å². The van der Waals surface area contributed by atoms with Gasteiger partial charge < -0.3 is 15.1 Å². The van der Waals surface area contributed by atoms with Crippen LogP contribution in [0, 0.1) is 0 Å². The van der Waals surface area contributed by atoms with Crippen molar-refractivity contribution in [2.24, 2.45) is 0 Å². The Hall–Kier alpha value is -3.28. The number of hydrogen-bond donors (Lipinski definition) is 1. The summed E-state index contributed by atoms with van der Waals surface area (Å²) >= 11 is 0. The minimum absolute atomic E-state index is 0. The van der Waals surface area contributed by atoms with Crippen LogP contribution < -0.4 is 15.1 Å². The molecule has 0 radical (unpaired) electrons. The molecule has 1 N–H and O–H groups in total. The third-order valence-corrected chi connectivity index (χ3v) is 7.26. The topological polar surface area (TPSA) is 57.2 Å². The molecule has 3 aromatic rings. The maximum Gasteiger partial charge on any atom is 0.419 e. The summed E-state index contributed by atoms with van der Waals surface area (Å²) in [6, 6.07) is 7.17. The van der Waals surface area contributed by atoms with Gasteiger partial charge in [0.1, 0.15) is 11.6 Å². The third kappa shape index (κ3) is 6.37. The van der Waals surface area contributed by atoms with Crippen molar-refractivity contribution in [2.45, 2.75) is 57.4 Å². The Kier molecular flexibility index (Phi) is 8.67. The first-order valence-electron chi connectivity index (χ1n) is 12.9. The third-order valence-electron chi connectivity index (χ3n) is 7.26. The second kappa shape index (κ2) is 11.7. The summed E-state index contributed by atoms with van der Waals surface area (Å²) in [6.07, 6.45) is -3.89. The molecule has 1 fully saturated rings. The van der Waals surface area contributed by atoms with E-state index >= 15 is 0 Å². The van der Waals surface area contributed by atoms with E-state index in [-0.39, 0.29) is 37.4 Å². The maximum atomic E-state index is 13.7. The van der Waals surface area contributed by atoms with Crippen molar-refractivity contribution in [3.05, 3.63) is 65.0 Å². The molecule has 2 aromatic heterocycles. The lowest BCUT2D eigenvalue weighted by molar-refractivity contribution is -0.138. The van der Waals surface area contributed by atoms with Gasteiger partial charge in [-0.25, -0.2) is 9.97 Å². The minimum atomic E-state index is -4.55. The Morgan fingerprint density at radius 3 is 2.27 bits per heavy atom. The smallest absolute Gasteiger partial charge is 0.355 e. The highest BCUT2D eigenvalue weighted by molar-refractivity contribution is 5.85. The summed E-state index contributed by atoms with van der Waals surface area (Å²) < 4.78 is 80.3. The van der Waals surface area contributed by atoms with Crippen molar-refractivity contribution in [1.82, 2.24) is 15.0 Å². The van der Waals surface area contributed by atoms with Crippen LogP contribution >= 0.6 is 12.4 Å². The fourth-order valence-electron chi connectivity index (χ4n) is 5.17. The largest absolute Gasteiger partial charge is 0.419 e. The first kappa shape index (κ1) is 29.7. The van der Waals surface area contributed by atoms with Gasteiger partial charge in [0.25, 0.3) is 0 Å². The van der Waals surface area contributed by atoms with E-state index < -0.39 is 23.5 Å². The molecule has 1 aromatic carbocycles. The predicted octanol–water partition coefficient (Wildman–Crippen LogP) is 7.06. The van der Waals surface area contributed by atoms with Gasteiger partial charge in [-0.1, -0.05) is 0 Å². The van der Waals surface area contributed by atoms with E-state index in [1.165, 1.54) is 24.4 Å². The molecule has 216 valence electrons. The van der Waals surface area contributed by atoms with Crippen LogP contribution in [0.1, 0.15) is 48.6 Å². The number of halogens is 7. The highest BCUT2D eigenvalue weighted by Gasteiger charge is 2.36. The quantitative estimate of drug-likeness (QED) is 0.330. The molecule has 1 saturated heterocycles. The highest BCUT2D eigenvalue weighted by Crippen LogP contribution is 2.37. The summed E-state index contributed by atoms with van der Waals surface area (Å²) in [4.78, 5) is 17.4. The molecule has 0 bridgehead atoms. The first-order valence-corrected chi connectivity index (χ1v) is 12.9. The van der Waals surface area contributed by atoms with Crippen LogP contribution in [0.15, 0.2) is 42.6 Å². The minimum Gasteiger partial charge on any atom is -0.355 e. The van der Waals surface area contributed by atoms with Crippen molar-refractivity contribution >= 4 is 35.7 Å². The van der Waals surface area contributed by atoms with Gasteiger partial charge in [0.15, 0.2) is 0 Å². The van der Waals surface area contributed by atoms with Crippen LogP contribution in [0.2, 0.25) is 0 Å². The fourth-order valence-corrected chi connectivity index (χ4v) is 5.17. The molecule has 4 heterocycles. The molecule has 1 atom stereocenters. The normalized spacial score (nSPS) is 18.0. The number of benzene rings is 1. The average molecular weight is 587 g/mol. The van der Waals surface area contributed by atoms with E-state index in [1.807, 2.05) is 0 Å². The van der Waals surface area contributed by atoms with E-state index in [0.717, 1.165) is 49.6 Å². The van der Waals surface area contributed by atoms with Gasteiger partial charge in [-0.05, 0) is 69.0 Å². The van der Waals surface area contributed by atoms with Crippen molar-refractivity contribution in [3.8, 4) is 0 Å². The number of fused-ring (bicyclic) bond motifs is 1. The van der Waals surface area contributed by atoms with Crippen molar-refractivity contribution < 1.29 is 26.3 Å². The number of nitrogens with zero attached hydrogens (tertiary/aromatic N) is 5. The number of piperidine rings is 1. The molecule has 0 spiro atoms. The maximum absolute atomic E-state index is 13.7. The number of pyridine rings is 1. The standard InChI is InChI=1S/C27H28F6N6.ClH/c1-17-5-2-3-14-39(17)25-36-22-12-16-38(24-21(27(31,32)33)6-4-13-34-24)15-11-20(22)23(37-25)35-19-9-7-18(8-10-19)26(28,29)30;/h4,6-10,13,17H,2-3,5,11-12,14-16H2,1H3,(H,35,36,37);1H. The number of rotatable bonds is 4. The van der Waals surface area contributed by atoms with Gasteiger partial charge in [-0.3, -0.25) is 0 Å². The molecule has 2 aliphatic rings. The Bertz CT molecular complexity index is 1310.